The fourth-order valence-corrected chi connectivity index (χ4v) is 2.08. The van der Waals surface area contributed by atoms with Crippen LogP contribution >= 0.6 is 0 Å². The first-order chi connectivity index (χ1) is 8.65. The second kappa shape index (κ2) is 5.03. The van der Waals surface area contributed by atoms with Crippen molar-refractivity contribution in [3.8, 4) is 0 Å². The van der Waals surface area contributed by atoms with Crippen LogP contribution in [0, 0.1) is 5.41 Å². The average molecular weight is 247 g/mol. The van der Waals surface area contributed by atoms with Crippen molar-refractivity contribution in [2.75, 3.05) is 18.4 Å². The molecule has 0 spiro atoms. The van der Waals surface area contributed by atoms with Gasteiger partial charge >= 0.3 is 0 Å². The van der Waals surface area contributed by atoms with Gasteiger partial charge in [-0.15, -0.1) is 0 Å². The summed E-state index contributed by atoms with van der Waals surface area (Å²) in [5, 5.41) is 6.89. The van der Waals surface area contributed by atoms with Crippen LogP contribution in [0.1, 0.15) is 12.8 Å². The number of nitrogens with zero attached hydrogens (tertiary/aromatic N) is 2. The van der Waals surface area contributed by atoms with Gasteiger partial charge in [0.25, 0.3) is 5.91 Å². The number of pyridine rings is 1. The first kappa shape index (κ1) is 12.3. The summed E-state index contributed by atoms with van der Waals surface area (Å²) in [5.41, 5.74) is 5.13. The van der Waals surface area contributed by atoms with Gasteiger partial charge in [0.1, 0.15) is 5.41 Å². The van der Waals surface area contributed by atoms with Crippen LogP contribution in [0.5, 0.6) is 0 Å². The number of carbonyl (C=O) groups is 2. The van der Waals surface area contributed by atoms with Gasteiger partial charge in [-0.25, -0.2) is 0 Å². The average Bonchev–Trinajstić information content (AvgIpc) is 2.73. The number of nitrogens with one attached hydrogen (secondary N) is 1. The molecule has 1 aliphatic rings. The summed E-state index contributed by atoms with van der Waals surface area (Å²) in [6.07, 6.45) is 4.12. The number of amides is 2. The van der Waals surface area contributed by atoms with E-state index in [2.05, 4.69) is 15.6 Å². The van der Waals surface area contributed by atoms with Gasteiger partial charge in [-0.3, -0.25) is 19.9 Å². The van der Waals surface area contributed by atoms with Crippen LogP contribution in [0.4, 0.5) is 5.69 Å². The molecular formula is C12H15N4O2. The van der Waals surface area contributed by atoms with Gasteiger partial charge in [-0.1, -0.05) is 0 Å². The molecule has 2 rings (SSSR count). The minimum absolute atomic E-state index is 0.368. The fourth-order valence-electron chi connectivity index (χ4n) is 2.08. The molecule has 1 aromatic rings. The van der Waals surface area contributed by atoms with Crippen molar-refractivity contribution < 1.29 is 9.59 Å². The molecule has 1 saturated heterocycles. The van der Waals surface area contributed by atoms with Gasteiger partial charge in [0.15, 0.2) is 0 Å². The van der Waals surface area contributed by atoms with Crippen molar-refractivity contribution in [1.82, 2.24) is 10.3 Å². The lowest BCUT2D eigenvalue weighted by Gasteiger charge is -2.21. The molecule has 0 unspecified atom stereocenters. The van der Waals surface area contributed by atoms with E-state index in [4.69, 9.17) is 5.73 Å². The quantitative estimate of drug-likeness (QED) is 0.709. The number of hydrogen-bond donors (Lipinski definition) is 2. The monoisotopic (exact) mass is 247 g/mol. The van der Waals surface area contributed by atoms with Crippen LogP contribution in [0.15, 0.2) is 24.5 Å². The van der Waals surface area contributed by atoms with E-state index < -0.39 is 11.3 Å². The molecule has 2 amide bonds. The third kappa shape index (κ3) is 2.27. The maximum absolute atomic E-state index is 11.7. The molecule has 0 aliphatic carbocycles. The minimum Gasteiger partial charge on any atom is -0.385 e. The normalized spacial score (nSPS) is 22.6. The molecule has 95 valence electrons. The number of aromatic nitrogens is 1. The molecule has 1 atom stereocenters. The van der Waals surface area contributed by atoms with Crippen LogP contribution in [-0.2, 0) is 9.59 Å². The Kier molecular flexibility index (Phi) is 3.45. The van der Waals surface area contributed by atoms with E-state index in [0.717, 1.165) is 5.69 Å². The topological polar surface area (TPSA) is 99.2 Å². The summed E-state index contributed by atoms with van der Waals surface area (Å²) >= 11 is 0. The molecule has 18 heavy (non-hydrogen) atoms. The lowest BCUT2D eigenvalue weighted by atomic mass is 9.82. The standard InChI is InChI=1S/C12H15N4O2/c13-10(17)12(4-8-16-11(12)18)3-7-15-9-1-5-14-6-2-9/h1-2,5-6H,3-4,7-8H2,(H2,13,17)(H,14,15)/t12-/m1/s1. The van der Waals surface area contributed by atoms with Crippen LogP contribution in [-0.4, -0.2) is 29.9 Å². The summed E-state index contributed by atoms with van der Waals surface area (Å²) in [6, 6.07) is 3.63. The summed E-state index contributed by atoms with van der Waals surface area (Å²) in [6.45, 7) is 0.880. The maximum atomic E-state index is 11.7. The van der Waals surface area contributed by atoms with E-state index in [1.54, 1.807) is 12.4 Å². The van der Waals surface area contributed by atoms with Crippen LogP contribution in [0.2, 0.25) is 0 Å². The Hall–Kier alpha value is -2.11. The maximum Gasteiger partial charge on any atom is 0.256 e. The Morgan fingerprint density at radius 2 is 2.17 bits per heavy atom. The molecule has 3 N–H and O–H groups in total. The van der Waals surface area contributed by atoms with Crippen LogP contribution in [0.25, 0.3) is 0 Å². The molecule has 2 heterocycles. The van der Waals surface area contributed by atoms with Crippen LogP contribution < -0.4 is 16.4 Å². The van der Waals surface area contributed by atoms with Gasteiger partial charge in [-0.2, -0.15) is 0 Å². The summed E-state index contributed by atoms with van der Waals surface area (Å²) in [7, 11) is 0. The van der Waals surface area contributed by atoms with E-state index in [1.807, 2.05) is 12.1 Å². The van der Waals surface area contributed by atoms with Crippen molar-refractivity contribution in [3.05, 3.63) is 24.5 Å². The molecular weight excluding hydrogens is 232 g/mol. The lowest BCUT2D eigenvalue weighted by Crippen LogP contribution is -2.43. The number of primary amides is 1. The Morgan fingerprint density at radius 1 is 1.44 bits per heavy atom. The molecule has 0 aromatic carbocycles. The summed E-state index contributed by atoms with van der Waals surface area (Å²) in [4.78, 5) is 27.1. The zero-order valence-electron chi connectivity index (χ0n) is 9.93. The van der Waals surface area contributed by atoms with E-state index in [-0.39, 0.29) is 5.91 Å². The number of rotatable bonds is 5. The largest absolute Gasteiger partial charge is 0.385 e. The van der Waals surface area contributed by atoms with E-state index in [1.165, 1.54) is 0 Å². The van der Waals surface area contributed by atoms with Gasteiger partial charge in [0, 0.05) is 31.2 Å². The van der Waals surface area contributed by atoms with E-state index in [9.17, 15) is 9.59 Å². The molecule has 0 saturated carbocycles. The number of carbonyl (C=O) groups excluding carboxylic acids is 2. The highest BCUT2D eigenvalue weighted by atomic mass is 16.2. The zero-order valence-corrected chi connectivity index (χ0v) is 9.93. The van der Waals surface area contributed by atoms with Crippen molar-refractivity contribution >= 4 is 17.5 Å². The molecule has 1 aliphatic heterocycles. The Labute approximate surface area is 105 Å². The van der Waals surface area contributed by atoms with Crippen LogP contribution in [0.3, 0.4) is 0 Å². The second-order valence-corrected chi connectivity index (χ2v) is 4.30. The van der Waals surface area contributed by atoms with Crippen molar-refractivity contribution in [3.63, 3.8) is 0 Å². The predicted molar refractivity (Wildman–Crippen MR) is 65.6 cm³/mol. The van der Waals surface area contributed by atoms with Crippen molar-refractivity contribution in [2.45, 2.75) is 12.8 Å². The third-order valence-electron chi connectivity index (χ3n) is 3.24. The highest BCUT2D eigenvalue weighted by Gasteiger charge is 2.48. The molecule has 6 heteroatoms. The smallest absolute Gasteiger partial charge is 0.256 e. The van der Waals surface area contributed by atoms with Crippen molar-refractivity contribution in [1.29, 1.82) is 0 Å². The van der Waals surface area contributed by atoms with E-state index in [0.29, 0.717) is 25.9 Å². The first-order valence-electron chi connectivity index (χ1n) is 5.81. The minimum atomic E-state index is -1.11. The predicted octanol–water partition coefficient (Wildman–Crippen LogP) is -0.110. The molecule has 1 radical (unpaired) electrons. The zero-order chi connectivity index (χ0) is 13.0. The van der Waals surface area contributed by atoms with Gasteiger partial charge in [0.2, 0.25) is 5.91 Å². The third-order valence-corrected chi connectivity index (χ3v) is 3.24. The highest BCUT2D eigenvalue weighted by Crippen LogP contribution is 2.31. The SMILES string of the molecule is NC(=O)[C@@]1(CCNc2ccncc2)CC[N]C1=O. The summed E-state index contributed by atoms with van der Waals surface area (Å²) < 4.78 is 0. The fraction of sp³-hybridized carbons (Fsp3) is 0.417. The van der Waals surface area contributed by atoms with E-state index >= 15 is 0 Å². The summed E-state index contributed by atoms with van der Waals surface area (Å²) in [5.74, 6) is -0.961. The number of nitrogens with two attached hydrogens (primary N) is 1. The number of hydrogen-bond acceptors (Lipinski definition) is 4. The van der Waals surface area contributed by atoms with Gasteiger partial charge < -0.3 is 11.1 Å². The molecule has 0 bridgehead atoms. The lowest BCUT2D eigenvalue weighted by molar-refractivity contribution is -0.139. The first-order valence-corrected chi connectivity index (χ1v) is 5.81. The molecule has 6 nitrogen and oxygen atoms in total. The highest BCUT2D eigenvalue weighted by molar-refractivity contribution is 6.05. The number of anilines is 1. The molecule has 1 aromatic heterocycles. The van der Waals surface area contributed by atoms with Gasteiger partial charge in [-0.05, 0) is 25.0 Å². The van der Waals surface area contributed by atoms with Crippen molar-refractivity contribution in [2.24, 2.45) is 11.1 Å². The Bertz CT molecular complexity index is 449. The molecule has 1 fully saturated rings. The second-order valence-electron chi connectivity index (χ2n) is 4.30. The Balaban J connectivity index is 1.95. The Morgan fingerprint density at radius 3 is 2.72 bits per heavy atom. The van der Waals surface area contributed by atoms with Gasteiger partial charge in [0.05, 0.1) is 0 Å².